The molecule has 0 aromatic heterocycles. The van der Waals surface area contributed by atoms with Crippen molar-refractivity contribution in [1.29, 1.82) is 5.26 Å². The molecule has 0 spiro atoms. The lowest BCUT2D eigenvalue weighted by molar-refractivity contribution is -0.109. The van der Waals surface area contributed by atoms with E-state index in [2.05, 4.69) is 17.9 Å². The molecule has 2 rings (SSSR count). The summed E-state index contributed by atoms with van der Waals surface area (Å²) in [4.78, 5) is 14.3. The minimum Gasteiger partial charge on any atom is -0.361 e. The Kier molecular flexibility index (Phi) is 4.86. The average molecular weight is 274 g/mol. The molecule has 0 aliphatic carbocycles. The van der Waals surface area contributed by atoms with Crippen LogP contribution in [0.25, 0.3) is 0 Å². The smallest absolute Gasteiger partial charge is 0.142 e. The number of thioether (sulfide) groups is 1. The van der Waals surface area contributed by atoms with E-state index in [9.17, 15) is 10.1 Å². The fourth-order valence-corrected chi connectivity index (χ4v) is 3.33. The van der Waals surface area contributed by atoms with Crippen LogP contribution in [-0.2, 0) is 4.79 Å². The Morgan fingerprint density at radius 1 is 1.53 bits per heavy atom. The Balaban J connectivity index is 2.40. The van der Waals surface area contributed by atoms with Gasteiger partial charge in [-0.25, -0.2) is 0 Å². The van der Waals surface area contributed by atoms with Crippen LogP contribution >= 0.6 is 11.8 Å². The first-order valence-electron chi connectivity index (χ1n) is 6.69. The number of nitrogens with zero attached hydrogens (tertiary/aromatic N) is 2. The van der Waals surface area contributed by atoms with Gasteiger partial charge in [-0.2, -0.15) is 5.26 Å². The van der Waals surface area contributed by atoms with E-state index >= 15 is 0 Å². The van der Waals surface area contributed by atoms with Crippen LogP contribution in [0.2, 0.25) is 0 Å². The van der Waals surface area contributed by atoms with Crippen molar-refractivity contribution in [3.63, 3.8) is 0 Å². The first-order valence-corrected chi connectivity index (χ1v) is 7.68. The highest BCUT2D eigenvalue weighted by Crippen LogP contribution is 2.33. The van der Waals surface area contributed by atoms with Gasteiger partial charge >= 0.3 is 0 Å². The maximum absolute atomic E-state index is 11.2. The summed E-state index contributed by atoms with van der Waals surface area (Å²) in [6, 6.07) is 8.15. The number of anilines is 1. The highest BCUT2D eigenvalue weighted by molar-refractivity contribution is 7.99. The maximum Gasteiger partial charge on any atom is 0.142 e. The molecule has 1 aromatic rings. The predicted octanol–water partition coefficient (Wildman–Crippen LogP) is 3.23. The average Bonchev–Trinajstić information content (AvgIpc) is 2.47. The third-order valence-electron chi connectivity index (χ3n) is 3.43. The van der Waals surface area contributed by atoms with Gasteiger partial charge in [-0.3, -0.25) is 0 Å². The lowest BCUT2D eigenvalue weighted by Crippen LogP contribution is -2.41. The molecule has 1 fully saturated rings. The van der Waals surface area contributed by atoms with Gasteiger partial charge in [-0.05, 0) is 37.1 Å². The monoisotopic (exact) mass is 274 g/mol. The van der Waals surface area contributed by atoms with Crippen LogP contribution in [-0.4, -0.2) is 24.6 Å². The summed E-state index contributed by atoms with van der Waals surface area (Å²) in [5.74, 6) is 0.940. The van der Waals surface area contributed by atoms with Gasteiger partial charge in [0.15, 0.2) is 0 Å². The number of aldehydes is 1. The quantitative estimate of drug-likeness (QED) is 0.624. The molecular weight excluding hydrogens is 256 g/mol. The van der Waals surface area contributed by atoms with Crippen molar-refractivity contribution < 1.29 is 4.79 Å². The van der Waals surface area contributed by atoms with Crippen molar-refractivity contribution in [3.8, 4) is 6.07 Å². The zero-order chi connectivity index (χ0) is 13.7. The van der Waals surface area contributed by atoms with Crippen molar-refractivity contribution in [1.82, 2.24) is 0 Å². The maximum atomic E-state index is 11.2. The van der Waals surface area contributed by atoms with E-state index in [1.807, 2.05) is 18.2 Å². The lowest BCUT2D eigenvalue weighted by atomic mass is 10.0. The van der Waals surface area contributed by atoms with Gasteiger partial charge in [0.2, 0.25) is 0 Å². The third kappa shape index (κ3) is 2.93. The van der Waals surface area contributed by atoms with Crippen LogP contribution in [0.5, 0.6) is 0 Å². The van der Waals surface area contributed by atoms with E-state index in [0.717, 1.165) is 48.4 Å². The van der Waals surface area contributed by atoms with Crippen molar-refractivity contribution in [2.24, 2.45) is 0 Å². The molecule has 1 heterocycles. The molecule has 1 unspecified atom stereocenters. The van der Waals surface area contributed by atoms with Crippen LogP contribution in [0, 0.1) is 11.3 Å². The Labute approximate surface area is 118 Å². The van der Waals surface area contributed by atoms with Gasteiger partial charge in [0, 0.05) is 11.4 Å². The van der Waals surface area contributed by atoms with Crippen LogP contribution in [0.4, 0.5) is 5.69 Å². The number of rotatable bonds is 4. The summed E-state index contributed by atoms with van der Waals surface area (Å²) in [5, 5.41) is 9.44. The van der Waals surface area contributed by atoms with Gasteiger partial charge in [0.1, 0.15) is 12.4 Å². The third-order valence-corrected chi connectivity index (χ3v) is 4.37. The summed E-state index contributed by atoms with van der Waals surface area (Å²) in [7, 11) is 0. The molecule has 0 N–H and O–H groups in total. The largest absolute Gasteiger partial charge is 0.361 e. The lowest BCUT2D eigenvalue weighted by Gasteiger charge is -2.35. The highest BCUT2D eigenvalue weighted by Gasteiger charge is 2.24. The number of hydrogen-bond donors (Lipinski definition) is 0. The summed E-state index contributed by atoms with van der Waals surface area (Å²) >= 11 is 1.68. The molecule has 4 heteroatoms. The van der Waals surface area contributed by atoms with Crippen LogP contribution < -0.4 is 4.90 Å². The number of piperidine rings is 1. The molecular formula is C15H18N2OS. The van der Waals surface area contributed by atoms with Gasteiger partial charge in [-0.1, -0.05) is 13.0 Å². The first kappa shape index (κ1) is 14.0. The second-order valence-electron chi connectivity index (χ2n) is 4.59. The van der Waals surface area contributed by atoms with Crippen LogP contribution in [0.1, 0.15) is 31.7 Å². The molecule has 1 aromatic carbocycles. The molecule has 100 valence electrons. The fraction of sp³-hybridized carbons (Fsp3) is 0.467. The van der Waals surface area contributed by atoms with Crippen molar-refractivity contribution in [3.05, 3.63) is 23.8 Å². The molecule has 1 saturated heterocycles. The minimum absolute atomic E-state index is 0.0808. The Morgan fingerprint density at radius 2 is 2.37 bits per heavy atom. The number of carbonyl (C=O) groups excluding carboxylic acids is 1. The first-order chi connectivity index (χ1) is 9.31. The second-order valence-corrected chi connectivity index (χ2v) is 5.89. The Morgan fingerprint density at radius 3 is 3.05 bits per heavy atom. The topological polar surface area (TPSA) is 44.1 Å². The second kappa shape index (κ2) is 6.63. The van der Waals surface area contributed by atoms with Crippen molar-refractivity contribution in [2.75, 3.05) is 17.2 Å². The Bertz CT molecular complexity index is 495. The van der Waals surface area contributed by atoms with E-state index in [4.69, 9.17) is 0 Å². The fourth-order valence-electron chi connectivity index (χ4n) is 2.54. The molecule has 0 radical (unpaired) electrons. The molecule has 19 heavy (non-hydrogen) atoms. The standard InChI is InChI=1S/C15H18N2OS/c1-2-19-15-8-5-7-14(13(15)10-16)17-9-4-3-6-12(17)11-18/h5,7-8,11-12H,2-4,6,9H2,1H3. The molecule has 1 aliphatic rings. The molecule has 3 nitrogen and oxygen atoms in total. The van der Waals surface area contributed by atoms with Gasteiger partial charge in [0.25, 0.3) is 0 Å². The van der Waals surface area contributed by atoms with E-state index in [-0.39, 0.29) is 6.04 Å². The number of benzene rings is 1. The SMILES string of the molecule is CCSc1cccc(N2CCCCC2C=O)c1C#N. The normalized spacial score (nSPS) is 18.9. The number of nitriles is 1. The van der Waals surface area contributed by atoms with Gasteiger partial charge in [-0.15, -0.1) is 11.8 Å². The predicted molar refractivity (Wildman–Crippen MR) is 78.6 cm³/mol. The Hall–Kier alpha value is -1.47. The summed E-state index contributed by atoms with van der Waals surface area (Å²) in [5.41, 5.74) is 1.63. The zero-order valence-electron chi connectivity index (χ0n) is 11.1. The van der Waals surface area contributed by atoms with Crippen LogP contribution in [0.15, 0.2) is 23.1 Å². The van der Waals surface area contributed by atoms with E-state index < -0.39 is 0 Å². The number of hydrogen-bond acceptors (Lipinski definition) is 4. The zero-order valence-corrected chi connectivity index (χ0v) is 11.9. The summed E-state index contributed by atoms with van der Waals surface area (Å²) in [6.07, 6.45) is 4.07. The van der Waals surface area contributed by atoms with Crippen molar-refractivity contribution in [2.45, 2.75) is 37.1 Å². The van der Waals surface area contributed by atoms with E-state index in [0.29, 0.717) is 5.56 Å². The number of carbonyl (C=O) groups is 1. The molecule has 0 saturated carbocycles. The summed E-state index contributed by atoms with van der Waals surface area (Å²) in [6.45, 7) is 2.94. The summed E-state index contributed by atoms with van der Waals surface area (Å²) < 4.78 is 0. The van der Waals surface area contributed by atoms with Crippen LogP contribution in [0.3, 0.4) is 0 Å². The van der Waals surface area contributed by atoms with E-state index in [1.165, 1.54) is 0 Å². The molecule has 0 amide bonds. The van der Waals surface area contributed by atoms with E-state index in [1.54, 1.807) is 11.8 Å². The van der Waals surface area contributed by atoms with Gasteiger partial charge < -0.3 is 9.69 Å². The molecule has 1 atom stereocenters. The van der Waals surface area contributed by atoms with Crippen molar-refractivity contribution >= 4 is 23.7 Å². The molecule has 0 bridgehead atoms. The van der Waals surface area contributed by atoms with Gasteiger partial charge in [0.05, 0.1) is 17.3 Å². The molecule has 1 aliphatic heterocycles. The highest BCUT2D eigenvalue weighted by atomic mass is 32.2. The minimum atomic E-state index is -0.0808.